The Morgan fingerprint density at radius 2 is 1.58 bits per heavy atom. The highest BCUT2D eigenvalue weighted by Gasteiger charge is 2.70. The first-order valence-electron chi connectivity index (χ1n) is 14.4. The number of hydrogen-bond donors (Lipinski definition) is 1. The van der Waals surface area contributed by atoms with Crippen LogP contribution < -0.4 is 10.1 Å². The molecule has 3 aliphatic heterocycles. The summed E-state index contributed by atoms with van der Waals surface area (Å²) in [5.41, 5.74) is 2.46. The molecular formula is C36H29ClN2O4. The highest BCUT2D eigenvalue weighted by Crippen LogP contribution is 2.62. The minimum Gasteiger partial charge on any atom is -0.491 e. The van der Waals surface area contributed by atoms with E-state index in [1.54, 1.807) is 48.5 Å². The molecule has 1 fully saturated rings. The van der Waals surface area contributed by atoms with Gasteiger partial charge in [0.15, 0.2) is 11.6 Å². The number of carbonyl (C=O) groups excluding carboxylic acids is 3. The number of para-hydroxylation sites is 1. The fourth-order valence-electron chi connectivity index (χ4n) is 7.14. The number of hydrogen-bond acceptors (Lipinski definition) is 5. The van der Waals surface area contributed by atoms with Crippen LogP contribution in [0.3, 0.4) is 0 Å². The predicted octanol–water partition coefficient (Wildman–Crippen LogP) is 7.11. The normalized spacial score (nSPS) is 23.1. The monoisotopic (exact) mass is 588 g/mol. The summed E-state index contributed by atoms with van der Waals surface area (Å²) in [6.45, 7) is 3.87. The van der Waals surface area contributed by atoms with Gasteiger partial charge in [-0.1, -0.05) is 66.2 Å². The molecule has 43 heavy (non-hydrogen) atoms. The first-order valence-corrected chi connectivity index (χ1v) is 14.8. The third-order valence-corrected chi connectivity index (χ3v) is 9.10. The minimum absolute atomic E-state index is 0.0289. The van der Waals surface area contributed by atoms with E-state index in [9.17, 15) is 14.4 Å². The quantitative estimate of drug-likeness (QED) is 0.243. The van der Waals surface area contributed by atoms with E-state index < -0.39 is 23.4 Å². The van der Waals surface area contributed by atoms with Crippen LogP contribution in [0.1, 0.15) is 57.3 Å². The molecule has 7 rings (SSSR count). The third kappa shape index (κ3) is 4.04. The Hall–Kier alpha value is -4.68. The summed E-state index contributed by atoms with van der Waals surface area (Å²) in [6, 6.07) is 27.5. The number of anilines is 1. The van der Waals surface area contributed by atoms with E-state index in [1.165, 1.54) is 0 Å². The molecule has 6 nitrogen and oxygen atoms in total. The van der Waals surface area contributed by atoms with E-state index in [4.69, 9.17) is 16.3 Å². The number of carbonyl (C=O) groups is 3. The zero-order chi connectivity index (χ0) is 29.9. The van der Waals surface area contributed by atoms with Crippen LogP contribution in [0, 0.1) is 5.92 Å². The number of fused-ring (bicyclic) bond motifs is 6. The van der Waals surface area contributed by atoms with Gasteiger partial charge in [-0.15, -0.1) is 0 Å². The number of benzene rings is 4. The minimum atomic E-state index is -1.40. The van der Waals surface area contributed by atoms with E-state index in [2.05, 4.69) is 5.32 Å². The molecule has 0 aliphatic carbocycles. The molecule has 1 amide bonds. The molecule has 4 aromatic rings. The molecule has 1 spiro atoms. The number of Topliss-reactive ketones (excluding diaryl/α,β-unsaturated/α-hetero) is 2. The summed E-state index contributed by atoms with van der Waals surface area (Å²) < 4.78 is 5.82. The van der Waals surface area contributed by atoms with Gasteiger partial charge in [-0.3, -0.25) is 14.4 Å². The molecule has 3 aliphatic rings. The van der Waals surface area contributed by atoms with Crippen LogP contribution in [0.15, 0.2) is 103 Å². The van der Waals surface area contributed by atoms with Gasteiger partial charge in [-0.2, -0.15) is 0 Å². The molecule has 0 aromatic heterocycles. The Balaban J connectivity index is 1.49. The van der Waals surface area contributed by atoms with Gasteiger partial charge >= 0.3 is 0 Å². The summed E-state index contributed by atoms with van der Waals surface area (Å²) in [6.07, 6.45) is 3.77. The summed E-state index contributed by atoms with van der Waals surface area (Å²) in [5, 5.41) is 3.37. The van der Waals surface area contributed by atoms with Crippen molar-refractivity contribution in [1.29, 1.82) is 0 Å². The topological polar surface area (TPSA) is 75.7 Å². The second kappa shape index (κ2) is 10.2. The molecule has 0 unspecified atom stereocenters. The van der Waals surface area contributed by atoms with Crippen LogP contribution in [0.4, 0.5) is 5.69 Å². The van der Waals surface area contributed by atoms with Crippen LogP contribution >= 0.6 is 11.6 Å². The Kier molecular flexibility index (Phi) is 6.47. The largest absolute Gasteiger partial charge is 0.491 e. The van der Waals surface area contributed by atoms with Crippen LogP contribution in [-0.2, 0) is 10.2 Å². The van der Waals surface area contributed by atoms with Gasteiger partial charge in [-0.25, -0.2) is 0 Å². The maximum Gasteiger partial charge on any atom is 0.238 e. The molecule has 1 saturated heterocycles. The van der Waals surface area contributed by atoms with E-state index in [-0.39, 0.29) is 23.6 Å². The van der Waals surface area contributed by atoms with E-state index in [0.29, 0.717) is 33.1 Å². The molecule has 0 radical (unpaired) electrons. The molecule has 0 saturated carbocycles. The first-order chi connectivity index (χ1) is 20.8. The molecule has 7 heteroatoms. The number of ketones is 2. The summed E-state index contributed by atoms with van der Waals surface area (Å²) in [5.74, 6) is -1.35. The highest BCUT2D eigenvalue weighted by molar-refractivity contribution is 6.34. The van der Waals surface area contributed by atoms with Crippen molar-refractivity contribution in [3.63, 3.8) is 0 Å². The Labute approximate surface area is 254 Å². The van der Waals surface area contributed by atoms with Gasteiger partial charge in [-0.05, 0) is 79.1 Å². The van der Waals surface area contributed by atoms with Crippen molar-refractivity contribution in [1.82, 2.24) is 4.90 Å². The van der Waals surface area contributed by atoms with Crippen molar-refractivity contribution in [3.05, 3.63) is 136 Å². The number of ether oxygens (including phenoxy) is 1. The standard InChI is InChI=1S/C36H29ClN2O4/c1-21(2)43-24-17-15-23(16-18-24)32(40)30-31(33(41)26-11-5-7-13-28(26)37)39-20-19-22-9-3-4-10-25(22)34(39)36(30)27-12-6-8-14-29(27)38-35(36)42/h3-21,30-31,34H,1-2H3,(H,38,42)/t30-,31+,34-,36+/m0/s1. The van der Waals surface area contributed by atoms with Crippen molar-refractivity contribution < 1.29 is 19.1 Å². The third-order valence-electron chi connectivity index (χ3n) is 8.77. The molecule has 0 bridgehead atoms. The van der Waals surface area contributed by atoms with Crippen LogP contribution in [0.25, 0.3) is 6.08 Å². The molecular weight excluding hydrogens is 560 g/mol. The van der Waals surface area contributed by atoms with Crippen LogP contribution in [0.2, 0.25) is 5.02 Å². The van der Waals surface area contributed by atoms with Gasteiger partial charge in [0.2, 0.25) is 5.91 Å². The van der Waals surface area contributed by atoms with E-state index in [0.717, 1.165) is 11.1 Å². The van der Waals surface area contributed by atoms with Gasteiger partial charge < -0.3 is 15.0 Å². The van der Waals surface area contributed by atoms with Crippen molar-refractivity contribution >= 4 is 40.8 Å². The molecule has 4 atom stereocenters. The first kappa shape index (κ1) is 27.2. The lowest BCUT2D eigenvalue weighted by Gasteiger charge is -2.38. The van der Waals surface area contributed by atoms with Gasteiger partial charge in [0.25, 0.3) is 0 Å². The Morgan fingerprint density at radius 3 is 2.35 bits per heavy atom. The fourth-order valence-corrected chi connectivity index (χ4v) is 7.37. The van der Waals surface area contributed by atoms with E-state index >= 15 is 0 Å². The number of nitrogens with zero attached hydrogens (tertiary/aromatic N) is 1. The average Bonchev–Trinajstić information content (AvgIpc) is 3.49. The predicted molar refractivity (Wildman–Crippen MR) is 166 cm³/mol. The SMILES string of the molecule is CC(C)Oc1ccc(C(=O)[C@@H]2[C@H](C(=O)c3ccccc3Cl)N3C=Cc4ccccc4[C@H]3[C@]23C(=O)Nc2ccccc23)cc1. The Morgan fingerprint density at radius 1 is 0.884 bits per heavy atom. The second-order valence-electron chi connectivity index (χ2n) is 11.5. The van der Waals surface area contributed by atoms with Crippen molar-refractivity contribution in [2.45, 2.75) is 37.5 Å². The molecule has 3 heterocycles. The number of rotatable bonds is 6. The summed E-state index contributed by atoms with van der Waals surface area (Å²) in [4.78, 5) is 46.0. The smallest absolute Gasteiger partial charge is 0.238 e. The zero-order valence-corrected chi connectivity index (χ0v) is 24.4. The average molecular weight is 589 g/mol. The van der Waals surface area contributed by atoms with Gasteiger partial charge in [0.05, 0.1) is 23.1 Å². The van der Waals surface area contributed by atoms with Crippen molar-refractivity contribution in [3.8, 4) is 5.75 Å². The summed E-state index contributed by atoms with van der Waals surface area (Å²) in [7, 11) is 0. The lowest BCUT2D eigenvalue weighted by atomic mass is 9.62. The molecule has 4 aromatic carbocycles. The lowest BCUT2D eigenvalue weighted by Crippen LogP contribution is -2.49. The van der Waals surface area contributed by atoms with Crippen molar-refractivity contribution in [2.24, 2.45) is 5.92 Å². The maximum absolute atomic E-state index is 14.9. The molecule has 1 N–H and O–H groups in total. The Bertz CT molecular complexity index is 1810. The van der Waals surface area contributed by atoms with Gasteiger partial charge in [0.1, 0.15) is 17.2 Å². The summed E-state index contributed by atoms with van der Waals surface area (Å²) >= 11 is 6.58. The maximum atomic E-state index is 14.9. The fraction of sp³-hybridized carbons (Fsp3) is 0.194. The zero-order valence-electron chi connectivity index (χ0n) is 23.7. The van der Waals surface area contributed by atoms with Crippen LogP contribution in [0.5, 0.6) is 5.75 Å². The van der Waals surface area contributed by atoms with Crippen molar-refractivity contribution in [2.75, 3.05) is 5.32 Å². The van der Waals surface area contributed by atoms with Gasteiger partial charge in [0, 0.05) is 23.0 Å². The number of nitrogens with one attached hydrogen (secondary N) is 1. The lowest BCUT2D eigenvalue weighted by molar-refractivity contribution is -0.122. The second-order valence-corrected chi connectivity index (χ2v) is 11.9. The highest BCUT2D eigenvalue weighted by atomic mass is 35.5. The van der Waals surface area contributed by atoms with E-state index in [1.807, 2.05) is 79.6 Å². The number of amides is 1. The van der Waals surface area contributed by atoms with Crippen LogP contribution in [-0.4, -0.2) is 34.5 Å². The molecule has 214 valence electrons. The number of halogens is 1.